The van der Waals surface area contributed by atoms with Crippen LogP contribution < -0.4 is 16.4 Å². The van der Waals surface area contributed by atoms with Gasteiger partial charge in [-0.25, -0.2) is 0 Å². The molecule has 4 fully saturated rings. The molecule has 5 N–H and O–H groups in total. The number of carboxylic acid groups (broad SMARTS) is 1. The van der Waals surface area contributed by atoms with Gasteiger partial charge in [-0.1, -0.05) is 20.8 Å². The lowest BCUT2D eigenvalue weighted by molar-refractivity contribution is -0.137. The molecule has 0 spiro atoms. The van der Waals surface area contributed by atoms with E-state index in [4.69, 9.17) is 5.73 Å². The molecule has 4 aliphatic carbocycles. The Bertz CT molecular complexity index is 716. The average molecular weight is 504 g/mol. The van der Waals surface area contributed by atoms with Crippen LogP contribution in [-0.4, -0.2) is 43.3 Å². The molecule has 9 atom stereocenters. The molecule has 0 bridgehead atoms. The third-order valence-electron chi connectivity index (χ3n) is 12.0. The van der Waals surface area contributed by atoms with Crippen LogP contribution in [0.3, 0.4) is 0 Å². The maximum atomic E-state index is 11.2. The molecule has 5 heteroatoms. The zero-order chi connectivity index (χ0) is 25.8. The molecule has 0 aliphatic heterocycles. The topological polar surface area (TPSA) is 87.4 Å². The van der Waals surface area contributed by atoms with E-state index in [1.165, 1.54) is 70.6 Å². The number of carboxylic acids is 1. The second-order valence-corrected chi connectivity index (χ2v) is 13.8. The van der Waals surface area contributed by atoms with Crippen LogP contribution >= 0.6 is 0 Å². The van der Waals surface area contributed by atoms with Crippen molar-refractivity contribution >= 4 is 5.97 Å². The lowest BCUT2D eigenvalue weighted by Crippen LogP contribution is -2.55. The molecule has 0 aromatic rings. The van der Waals surface area contributed by atoms with Gasteiger partial charge in [0.25, 0.3) is 0 Å². The van der Waals surface area contributed by atoms with E-state index in [9.17, 15) is 9.90 Å². The van der Waals surface area contributed by atoms with Gasteiger partial charge in [-0.15, -0.1) is 0 Å². The van der Waals surface area contributed by atoms with Crippen LogP contribution in [0.25, 0.3) is 0 Å². The minimum atomic E-state index is -0.628. The van der Waals surface area contributed by atoms with Crippen LogP contribution in [0.2, 0.25) is 0 Å². The number of fused-ring (bicyclic) bond motifs is 5. The largest absolute Gasteiger partial charge is 0.481 e. The van der Waals surface area contributed by atoms with E-state index in [2.05, 4.69) is 31.4 Å². The van der Waals surface area contributed by atoms with Gasteiger partial charge >= 0.3 is 5.97 Å². The average Bonchev–Trinajstić information content (AvgIpc) is 3.21. The first-order chi connectivity index (χ1) is 17.3. The minimum absolute atomic E-state index is 0.338. The summed E-state index contributed by atoms with van der Waals surface area (Å²) in [6, 6.07) is 0.719. The molecule has 0 aromatic heterocycles. The SMILES string of the molecule is C[C@H](CCC(=O)O)[C@H]1CCC2C3CC[C@@H]4C[C@@H](NCCCNCCCCN)CC[C@]4(C)C3CC[C@@]21C. The van der Waals surface area contributed by atoms with Crippen LogP contribution in [0.4, 0.5) is 0 Å². The van der Waals surface area contributed by atoms with Crippen molar-refractivity contribution in [3.05, 3.63) is 0 Å². The number of carbonyl (C=O) groups is 1. The molecule has 0 radical (unpaired) electrons. The number of nitrogens with one attached hydrogen (secondary N) is 2. The van der Waals surface area contributed by atoms with Gasteiger partial charge in [-0.3, -0.25) is 4.79 Å². The number of rotatable bonds is 13. The van der Waals surface area contributed by atoms with E-state index in [0.29, 0.717) is 23.2 Å². The van der Waals surface area contributed by atoms with Gasteiger partial charge in [0.2, 0.25) is 0 Å². The van der Waals surface area contributed by atoms with E-state index < -0.39 is 5.97 Å². The van der Waals surface area contributed by atoms with Crippen molar-refractivity contribution in [3.63, 3.8) is 0 Å². The fourth-order valence-electron chi connectivity index (χ4n) is 10.0. The molecule has 0 saturated heterocycles. The lowest BCUT2D eigenvalue weighted by Gasteiger charge is -2.61. The predicted molar refractivity (Wildman–Crippen MR) is 149 cm³/mol. The highest BCUT2D eigenvalue weighted by molar-refractivity contribution is 5.66. The van der Waals surface area contributed by atoms with Crippen molar-refractivity contribution in [2.45, 2.75) is 117 Å². The molecular weight excluding hydrogens is 446 g/mol. The van der Waals surface area contributed by atoms with Crippen molar-refractivity contribution in [2.75, 3.05) is 26.2 Å². The number of hydrogen-bond donors (Lipinski definition) is 4. The van der Waals surface area contributed by atoms with Crippen molar-refractivity contribution in [3.8, 4) is 0 Å². The summed E-state index contributed by atoms with van der Waals surface area (Å²) in [7, 11) is 0. The van der Waals surface area contributed by atoms with Crippen molar-refractivity contribution < 1.29 is 9.90 Å². The number of aliphatic carboxylic acids is 1. The molecule has 4 rings (SSSR count). The summed E-state index contributed by atoms with van der Waals surface area (Å²) in [6.45, 7) is 11.8. The van der Waals surface area contributed by atoms with Crippen LogP contribution in [0, 0.1) is 46.3 Å². The van der Waals surface area contributed by atoms with Crippen molar-refractivity contribution in [2.24, 2.45) is 52.1 Å². The molecular formula is C31H57N3O2. The Morgan fingerprint density at radius 1 is 0.944 bits per heavy atom. The van der Waals surface area contributed by atoms with Crippen LogP contribution in [0.1, 0.15) is 111 Å². The van der Waals surface area contributed by atoms with E-state index in [0.717, 1.165) is 74.7 Å². The van der Waals surface area contributed by atoms with Gasteiger partial charge in [0, 0.05) is 12.5 Å². The van der Waals surface area contributed by atoms with E-state index >= 15 is 0 Å². The van der Waals surface area contributed by atoms with Gasteiger partial charge in [-0.2, -0.15) is 0 Å². The summed E-state index contributed by atoms with van der Waals surface area (Å²) >= 11 is 0. The van der Waals surface area contributed by atoms with Crippen LogP contribution in [0.5, 0.6) is 0 Å². The van der Waals surface area contributed by atoms with Gasteiger partial charge < -0.3 is 21.5 Å². The van der Waals surface area contributed by atoms with Gasteiger partial charge in [0.15, 0.2) is 0 Å². The van der Waals surface area contributed by atoms with Crippen LogP contribution in [0.15, 0.2) is 0 Å². The second kappa shape index (κ2) is 12.5. The lowest BCUT2D eigenvalue weighted by atomic mass is 9.44. The normalized spacial score (nSPS) is 40.8. The Morgan fingerprint density at radius 3 is 2.47 bits per heavy atom. The molecule has 4 aliphatic rings. The smallest absolute Gasteiger partial charge is 0.303 e. The molecule has 0 amide bonds. The summed E-state index contributed by atoms with van der Waals surface area (Å²) in [4.78, 5) is 11.2. The number of nitrogens with two attached hydrogens (primary N) is 1. The zero-order valence-electron chi connectivity index (χ0n) is 23.7. The zero-order valence-corrected chi connectivity index (χ0v) is 23.7. The molecule has 36 heavy (non-hydrogen) atoms. The first-order valence-corrected chi connectivity index (χ1v) is 15.7. The molecule has 208 valence electrons. The number of unbranched alkanes of at least 4 members (excludes halogenated alkanes) is 1. The summed E-state index contributed by atoms with van der Waals surface area (Å²) in [5.41, 5.74) is 6.56. The van der Waals surface area contributed by atoms with Crippen molar-refractivity contribution in [1.29, 1.82) is 0 Å². The van der Waals surface area contributed by atoms with E-state index in [-0.39, 0.29) is 0 Å². The fraction of sp³-hybridized carbons (Fsp3) is 0.968. The third-order valence-corrected chi connectivity index (χ3v) is 12.0. The summed E-state index contributed by atoms with van der Waals surface area (Å²) in [5.74, 6) is 4.25. The summed E-state index contributed by atoms with van der Waals surface area (Å²) in [5, 5.41) is 16.7. The van der Waals surface area contributed by atoms with Gasteiger partial charge in [-0.05, 0) is 156 Å². The second-order valence-electron chi connectivity index (χ2n) is 13.8. The quantitative estimate of drug-likeness (QED) is 0.238. The highest BCUT2D eigenvalue weighted by Crippen LogP contribution is 2.68. The van der Waals surface area contributed by atoms with Gasteiger partial charge in [0.05, 0.1) is 0 Å². The Hall–Kier alpha value is -0.650. The highest BCUT2D eigenvalue weighted by atomic mass is 16.4. The first kappa shape index (κ1) is 28.4. The van der Waals surface area contributed by atoms with E-state index in [1.54, 1.807) is 0 Å². The van der Waals surface area contributed by atoms with E-state index in [1.807, 2.05) is 0 Å². The number of hydrogen-bond acceptors (Lipinski definition) is 4. The monoisotopic (exact) mass is 503 g/mol. The Balaban J connectivity index is 1.27. The predicted octanol–water partition coefficient (Wildman–Crippen LogP) is 5.82. The summed E-state index contributed by atoms with van der Waals surface area (Å²) in [6.07, 6.45) is 17.3. The maximum absolute atomic E-state index is 11.2. The molecule has 0 aromatic carbocycles. The molecule has 4 saturated carbocycles. The Kier molecular flexibility index (Phi) is 9.82. The maximum Gasteiger partial charge on any atom is 0.303 e. The summed E-state index contributed by atoms with van der Waals surface area (Å²) < 4.78 is 0. The van der Waals surface area contributed by atoms with Crippen LogP contribution in [-0.2, 0) is 4.79 Å². The minimum Gasteiger partial charge on any atom is -0.481 e. The molecule has 0 heterocycles. The van der Waals surface area contributed by atoms with Crippen molar-refractivity contribution in [1.82, 2.24) is 10.6 Å². The first-order valence-electron chi connectivity index (χ1n) is 15.7. The van der Waals surface area contributed by atoms with Gasteiger partial charge in [0.1, 0.15) is 0 Å². The highest BCUT2D eigenvalue weighted by Gasteiger charge is 2.60. The third kappa shape index (κ3) is 5.99. The standard InChI is InChI=1S/C31H57N3O2/c1-22(7-12-29(35)36)26-10-11-27-25-9-8-23-21-24(34-20-6-19-33-18-5-4-17-32)13-15-30(23,2)28(25)14-16-31(26,27)3/h22-28,33-34H,4-21,32H2,1-3H3,(H,35,36)/t22-,23-,24+,25?,26-,27?,28?,30+,31-/m1/s1. The Morgan fingerprint density at radius 2 is 1.69 bits per heavy atom. The molecule has 3 unspecified atom stereocenters. The fourth-order valence-corrected chi connectivity index (χ4v) is 10.0. The molecule has 5 nitrogen and oxygen atoms in total. The Labute approximate surface area is 221 Å².